The number of benzene rings is 1. The molecule has 2 aromatic rings. The van der Waals surface area contributed by atoms with Crippen LogP contribution in [0.1, 0.15) is 24.7 Å². The summed E-state index contributed by atoms with van der Waals surface area (Å²) in [5, 5.41) is 0. The first kappa shape index (κ1) is 11.8. The van der Waals surface area contributed by atoms with Crippen molar-refractivity contribution in [3.63, 3.8) is 0 Å². The molecule has 19 heavy (non-hydrogen) atoms. The number of fused-ring (bicyclic) bond motifs is 1. The first-order valence-electron chi connectivity index (χ1n) is 6.47. The van der Waals surface area contributed by atoms with Gasteiger partial charge in [-0.15, -0.1) is 0 Å². The lowest BCUT2D eigenvalue weighted by atomic mass is 10.1. The van der Waals surface area contributed by atoms with Gasteiger partial charge < -0.3 is 9.32 Å². The highest BCUT2D eigenvalue weighted by molar-refractivity contribution is 6.35. The van der Waals surface area contributed by atoms with Gasteiger partial charge in [-0.1, -0.05) is 25.1 Å². The maximum atomic E-state index is 12.5. The van der Waals surface area contributed by atoms with E-state index in [1.54, 1.807) is 6.26 Å². The third kappa shape index (κ3) is 1.97. The van der Waals surface area contributed by atoms with Crippen molar-refractivity contribution in [2.45, 2.75) is 13.3 Å². The lowest BCUT2D eigenvalue weighted by molar-refractivity contribution is -0.113. The predicted octanol–water partition coefficient (Wildman–Crippen LogP) is 3.58. The van der Waals surface area contributed by atoms with Gasteiger partial charge in [-0.2, -0.15) is 0 Å². The summed E-state index contributed by atoms with van der Waals surface area (Å²) in [6, 6.07) is 11.6. The van der Waals surface area contributed by atoms with E-state index in [-0.39, 0.29) is 5.91 Å². The fourth-order valence-electron chi connectivity index (χ4n) is 2.41. The van der Waals surface area contributed by atoms with Crippen molar-refractivity contribution < 1.29 is 9.21 Å². The molecule has 2 heterocycles. The Morgan fingerprint density at radius 1 is 1.21 bits per heavy atom. The standard InChI is InChI=1S/C16H15NO2/c1-2-9-17-15-8-4-3-7-13(15)14(16(17)18)11-12-6-5-10-19-12/h3-8,10-11H,2,9H2,1H3/b14-11-. The molecule has 0 atom stereocenters. The van der Waals surface area contributed by atoms with E-state index in [2.05, 4.69) is 6.92 Å². The number of anilines is 1. The topological polar surface area (TPSA) is 33.5 Å². The highest BCUT2D eigenvalue weighted by Crippen LogP contribution is 2.37. The van der Waals surface area contributed by atoms with Gasteiger partial charge in [-0.3, -0.25) is 4.79 Å². The number of furan rings is 1. The minimum Gasteiger partial charge on any atom is -0.465 e. The normalized spacial score (nSPS) is 16.2. The number of hydrogen-bond acceptors (Lipinski definition) is 2. The third-order valence-electron chi connectivity index (χ3n) is 3.24. The highest BCUT2D eigenvalue weighted by atomic mass is 16.3. The smallest absolute Gasteiger partial charge is 0.259 e. The molecule has 0 bridgehead atoms. The van der Waals surface area contributed by atoms with Crippen molar-refractivity contribution in [3.8, 4) is 0 Å². The van der Waals surface area contributed by atoms with Crippen molar-refractivity contribution in [1.29, 1.82) is 0 Å². The van der Waals surface area contributed by atoms with Crippen LogP contribution in [0.5, 0.6) is 0 Å². The van der Waals surface area contributed by atoms with Gasteiger partial charge in [0.15, 0.2) is 0 Å². The Kier molecular flexibility index (Phi) is 2.95. The number of hydrogen-bond donors (Lipinski definition) is 0. The van der Waals surface area contributed by atoms with Gasteiger partial charge in [0.25, 0.3) is 5.91 Å². The lowest BCUT2D eigenvalue weighted by Crippen LogP contribution is -2.26. The van der Waals surface area contributed by atoms with E-state index < -0.39 is 0 Å². The summed E-state index contributed by atoms with van der Waals surface area (Å²) < 4.78 is 5.31. The van der Waals surface area contributed by atoms with E-state index in [0.717, 1.165) is 24.2 Å². The van der Waals surface area contributed by atoms with Crippen LogP contribution in [0.25, 0.3) is 11.6 Å². The first-order chi connectivity index (χ1) is 9.31. The number of para-hydroxylation sites is 1. The minimum atomic E-state index is 0.0550. The van der Waals surface area contributed by atoms with Crippen molar-refractivity contribution in [2.75, 3.05) is 11.4 Å². The van der Waals surface area contributed by atoms with Crippen molar-refractivity contribution >= 4 is 23.2 Å². The number of carbonyl (C=O) groups is 1. The molecule has 0 unspecified atom stereocenters. The van der Waals surface area contributed by atoms with Crippen LogP contribution in [-0.2, 0) is 4.79 Å². The zero-order valence-corrected chi connectivity index (χ0v) is 10.8. The zero-order chi connectivity index (χ0) is 13.2. The summed E-state index contributed by atoms with van der Waals surface area (Å²) in [4.78, 5) is 14.3. The van der Waals surface area contributed by atoms with E-state index in [4.69, 9.17) is 4.42 Å². The molecule has 0 saturated carbocycles. The van der Waals surface area contributed by atoms with E-state index in [1.165, 1.54) is 0 Å². The van der Waals surface area contributed by atoms with Crippen LogP contribution in [0, 0.1) is 0 Å². The largest absolute Gasteiger partial charge is 0.465 e. The fraction of sp³-hybridized carbons (Fsp3) is 0.188. The minimum absolute atomic E-state index is 0.0550. The van der Waals surface area contributed by atoms with Gasteiger partial charge in [0.1, 0.15) is 5.76 Å². The third-order valence-corrected chi connectivity index (χ3v) is 3.24. The van der Waals surface area contributed by atoms with Gasteiger partial charge in [0.2, 0.25) is 0 Å². The van der Waals surface area contributed by atoms with Crippen LogP contribution in [0.2, 0.25) is 0 Å². The molecule has 1 aromatic carbocycles. The quantitative estimate of drug-likeness (QED) is 0.783. The summed E-state index contributed by atoms with van der Waals surface area (Å²) in [6.07, 6.45) is 4.37. The molecule has 3 heteroatoms. The molecule has 3 nitrogen and oxygen atoms in total. The van der Waals surface area contributed by atoms with E-state index >= 15 is 0 Å². The first-order valence-corrected chi connectivity index (χ1v) is 6.47. The van der Waals surface area contributed by atoms with Crippen molar-refractivity contribution in [2.24, 2.45) is 0 Å². The second kappa shape index (κ2) is 4.76. The van der Waals surface area contributed by atoms with Gasteiger partial charge in [-0.25, -0.2) is 0 Å². The predicted molar refractivity (Wildman–Crippen MR) is 75.7 cm³/mol. The monoisotopic (exact) mass is 253 g/mol. The Morgan fingerprint density at radius 3 is 2.79 bits per heavy atom. The molecule has 1 amide bonds. The summed E-state index contributed by atoms with van der Waals surface area (Å²) in [7, 11) is 0. The van der Waals surface area contributed by atoms with Gasteiger partial charge in [-0.05, 0) is 30.7 Å². The molecule has 0 N–H and O–H groups in total. The molecule has 1 aliphatic heterocycles. The van der Waals surface area contributed by atoms with E-state index in [0.29, 0.717) is 11.3 Å². The summed E-state index contributed by atoms with van der Waals surface area (Å²) >= 11 is 0. The number of carbonyl (C=O) groups excluding carboxylic acids is 1. The van der Waals surface area contributed by atoms with Crippen LogP contribution < -0.4 is 4.90 Å². The Bertz CT molecular complexity index is 626. The Labute approximate surface area is 112 Å². The molecule has 1 aliphatic rings. The second-order valence-corrected chi connectivity index (χ2v) is 4.55. The van der Waals surface area contributed by atoms with E-state index in [9.17, 15) is 4.79 Å². The van der Waals surface area contributed by atoms with Gasteiger partial charge in [0.05, 0.1) is 17.5 Å². The van der Waals surface area contributed by atoms with Crippen LogP contribution in [0.4, 0.5) is 5.69 Å². The van der Waals surface area contributed by atoms with E-state index in [1.807, 2.05) is 47.4 Å². The summed E-state index contributed by atoms with van der Waals surface area (Å²) in [5.74, 6) is 0.760. The van der Waals surface area contributed by atoms with Crippen LogP contribution in [0.3, 0.4) is 0 Å². The lowest BCUT2D eigenvalue weighted by Gasteiger charge is -2.15. The molecule has 1 aromatic heterocycles. The molecular formula is C16H15NO2. The van der Waals surface area contributed by atoms with Crippen LogP contribution in [0.15, 0.2) is 47.1 Å². The number of nitrogens with zero attached hydrogens (tertiary/aromatic N) is 1. The number of amides is 1. The SMILES string of the molecule is CCCN1C(=O)/C(=C\c2ccco2)c2ccccc21. The average Bonchev–Trinajstić information content (AvgIpc) is 3.02. The maximum absolute atomic E-state index is 12.5. The number of rotatable bonds is 3. The zero-order valence-electron chi connectivity index (χ0n) is 10.8. The molecule has 0 radical (unpaired) electrons. The van der Waals surface area contributed by atoms with Crippen LogP contribution in [-0.4, -0.2) is 12.5 Å². The van der Waals surface area contributed by atoms with Crippen molar-refractivity contribution in [1.82, 2.24) is 0 Å². The molecule has 0 saturated heterocycles. The van der Waals surface area contributed by atoms with Gasteiger partial charge >= 0.3 is 0 Å². The Balaban J connectivity index is 2.09. The second-order valence-electron chi connectivity index (χ2n) is 4.55. The van der Waals surface area contributed by atoms with Crippen molar-refractivity contribution in [3.05, 3.63) is 54.0 Å². The summed E-state index contributed by atoms with van der Waals surface area (Å²) in [5.41, 5.74) is 2.68. The fourth-order valence-corrected chi connectivity index (χ4v) is 2.41. The molecule has 0 spiro atoms. The molecule has 0 aliphatic carbocycles. The maximum Gasteiger partial charge on any atom is 0.259 e. The molecule has 96 valence electrons. The molecule has 3 rings (SSSR count). The van der Waals surface area contributed by atoms with Gasteiger partial charge in [0, 0.05) is 12.1 Å². The molecule has 0 fully saturated rings. The summed E-state index contributed by atoms with van der Waals surface area (Å²) in [6.45, 7) is 2.81. The Hall–Kier alpha value is -2.29. The van der Waals surface area contributed by atoms with Crippen LogP contribution >= 0.6 is 0 Å². The average molecular weight is 253 g/mol. The Morgan fingerprint density at radius 2 is 2.05 bits per heavy atom. The molecular weight excluding hydrogens is 238 g/mol. The highest BCUT2D eigenvalue weighted by Gasteiger charge is 2.31.